The third kappa shape index (κ3) is 3.18. The highest BCUT2D eigenvalue weighted by molar-refractivity contribution is 5.45. The normalized spacial score (nSPS) is 22.2. The lowest BCUT2D eigenvalue weighted by Crippen LogP contribution is -2.33. The second kappa shape index (κ2) is 6.45. The van der Waals surface area contributed by atoms with E-state index in [1.807, 2.05) is 26.0 Å². The van der Waals surface area contributed by atoms with Crippen LogP contribution in [-0.4, -0.2) is 7.11 Å². The van der Waals surface area contributed by atoms with Gasteiger partial charge in [-0.2, -0.15) is 0 Å². The van der Waals surface area contributed by atoms with Crippen molar-refractivity contribution in [3.05, 3.63) is 70.3 Å². The number of benzene rings is 2. The Kier molecular flexibility index (Phi) is 4.72. The second-order valence-corrected chi connectivity index (χ2v) is 8.66. The SMILES string of the molecule is COC(C)(C)c1cc(F)ccc1[C@@H]1CC(C)(C)c2cc(F)ccc2[C@@H]1C. The van der Waals surface area contributed by atoms with Gasteiger partial charge >= 0.3 is 0 Å². The number of halogens is 2. The van der Waals surface area contributed by atoms with Crippen LogP contribution in [0.1, 0.15) is 75.1 Å². The van der Waals surface area contributed by atoms with Crippen LogP contribution < -0.4 is 0 Å². The summed E-state index contributed by atoms with van der Waals surface area (Å²) in [4.78, 5) is 0. The number of rotatable bonds is 3. The summed E-state index contributed by atoms with van der Waals surface area (Å²) in [5.74, 6) is -0.00647. The minimum absolute atomic E-state index is 0.155. The van der Waals surface area contributed by atoms with E-state index in [4.69, 9.17) is 4.74 Å². The number of methoxy groups -OCH3 is 1. The van der Waals surface area contributed by atoms with E-state index in [1.54, 1.807) is 25.3 Å². The summed E-state index contributed by atoms with van der Waals surface area (Å²) in [6, 6.07) is 10.2. The van der Waals surface area contributed by atoms with Gasteiger partial charge in [0.25, 0.3) is 0 Å². The van der Waals surface area contributed by atoms with Crippen molar-refractivity contribution in [3.8, 4) is 0 Å². The first-order valence-corrected chi connectivity index (χ1v) is 9.22. The molecule has 26 heavy (non-hydrogen) atoms. The molecule has 0 amide bonds. The largest absolute Gasteiger partial charge is 0.374 e. The van der Waals surface area contributed by atoms with Gasteiger partial charge in [0.15, 0.2) is 0 Å². The summed E-state index contributed by atoms with van der Waals surface area (Å²) in [5, 5.41) is 0. The Morgan fingerprint density at radius 3 is 2.19 bits per heavy atom. The van der Waals surface area contributed by atoms with Crippen molar-refractivity contribution in [3.63, 3.8) is 0 Å². The fraction of sp³-hybridized carbons (Fsp3) is 0.478. The Hall–Kier alpha value is -1.74. The van der Waals surface area contributed by atoms with Crippen LogP contribution >= 0.6 is 0 Å². The molecular weight excluding hydrogens is 330 g/mol. The van der Waals surface area contributed by atoms with Crippen molar-refractivity contribution in [2.75, 3.05) is 7.11 Å². The quantitative estimate of drug-likeness (QED) is 0.615. The zero-order valence-electron chi connectivity index (χ0n) is 16.5. The third-order valence-corrected chi connectivity index (χ3v) is 6.14. The predicted octanol–water partition coefficient (Wildman–Crippen LogP) is 6.41. The van der Waals surface area contributed by atoms with E-state index in [9.17, 15) is 8.78 Å². The highest BCUT2D eigenvalue weighted by atomic mass is 19.1. The maximum atomic E-state index is 14.0. The van der Waals surface area contributed by atoms with Crippen LogP contribution in [0.2, 0.25) is 0 Å². The summed E-state index contributed by atoms with van der Waals surface area (Å²) >= 11 is 0. The molecule has 0 heterocycles. The molecule has 2 aromatic carbocycles. The molecule has 0 aromatic heterocycles. The lowest BCUT2D eigenvalue weighted by atomic mass is 9.61. The van der Waals surface area contributed by atoms with Crippen LogP contribution in [0.25, 0.3) is 0 Å². The van der Waals surface area contributed by atoms with Crippen molar-refractivity contribution in [2.45, 2.75) is 63.9 Å². The Labute approximate surface area is 155 Å². The standard InChI is InChI=1S/C23H28F2O/c1-14-17-9-7-15(24)11-20(17)22(2,3)13-19(14)18-10-8-16(25)12-21(18)23(4,5)26-6/h7-12,14,19H,13H2,1-6H3/t14-,19+/m0/s1. The fourth-order valence-corrected chi connectivity index (χ4v) is 4.43. The molecule has 2 aromatic rings. The van der Waals surface area contributed by atoms with Crippen LogP contribution in [0.15, 0.2) is 36.4 Å². The minimum Gasteiger partial charge on any atom is -0.374 e. The zero-order chi connectivity index (χ0) is 19.3. The van der Waals surface area contributed by atoms with E-state index in [2.05, 4.69) is 20.8 Å². The predicted molar refractivity (Wildman–Crippen MR) is 102 cm³/mol. The van der Waals surface area contributed by atoms with Gasteiger partial charge in [0.2, 0.25) is 0 Å². The number of hydrogen-bond acceptors (Lipinski definition) is 1. The van der Waals surface area contributed by atoms with E-state index in [-0.39, 0.29) is 28.9 Å². The molecule has 3 rings (SSSR count). The number of fused-ring (bicyclic) bond motifs is 1. The number of hydrogen-bond donors (Lipinski definition) is 0. The van der Waals surface area contributed by atoms with E-state index >= 15 is 0 Å². The summed E-state index contributed by atoms with van der Waals surface area (Å²) in [6.45, 7) is 10.4. The van der Waals surface area contributed by atoms with E-state index in [1.165, 1.54) is 11.6 Å². The molecule has 2 atom stereocenters. The van der Waals surface area contributed by atoms with Crippen LogP contribution in [0, 0.1) is 11.6 Å². The molecule has 0 saturated heterocycles. The molecule has 0 unspecified atom stereocenters. The van der Waals surface area contributed by atoms with Crippen LogP contribution in [0.3, 0.4) is 0 Å². The van der Waals surface area contributed by atoms with Crippen LogP contribution in [0.4, 0.5) is 8.78 Å². The van der Waals surface area contributed by atoms with E-state index in [0.717, 1.165) is 23.1 Å². The molecule has 0 N–H and O–H groups in total. The second-order valence-electron chi connectivity index (χ2n) is 8.66. The van der Waals surface area contributed by atoms with Crippen molar-refractivity contribution in [2.24, 2.45) is 0 Å². The summed E-state index contributed by atoms with van der Waals surface area (Å²) in [7, 11) is 1.65. The highest BCUT2D eigenvalue weighted by Crippen LogP contribution is 2.51. The number of ether oxygens (including phenoxy) is 1. The Balaban J connectivity index is 2.16. The topological polar surface area (TPSA) is 9.23 Å². The molecule has 0 radical (unpaired) electrons. The van der Waals surface area contributed by atoms with Gasteiger partial charge in [-0.25, -0.2) is 8.78 Å². The maximum absolute atomic E-state index is 14.0. The zero-order valence-corrected chi connectivity index (χ0v) is 16.5. The molecule has 0 spiro atoms. The van der Waals surface area contributed by atoms with Gasteiger partial charge in [-0.15, -0.1) is 0 Å². The minimum atomic E-state index is -0.579. The molecule has 0 aliphatic heterocycles. The van der Waals surface area contributed by atoms with E-state index in [0.29, 0.717) is 0 Å². The molecule has 1 nitrogen and oxygen atoms in total. The van der Waals surface area contributed by atoms with Crippen molar-refractivity contribution < 1.29 is 13.5 Å². The van der Waals surface area contributed by atoms with Gasteiger partial charge in [0.05, 0.1) is 5.60 Å². The van der Waals surface area contributed by atoms with Gasteiger partial charge in [0.1, 0.15) is 11.6 Å². The molecule has 3 heteroatoms. The monoisotopic (exact) mass is 358 g/mol. The summed E-state index contributed by atoms with van der Waals surface area (Å²) < 4.78 is 33.5. The molecule has 140 valence electrons. The first-order chi connectivity index (χ1) is 12.1. The molecule has 1 aliphatic carbocycles. The molecule has 0 fully saturated rings. The lowest BCUT2D eigenvalue weighted by Gasteiger charge is -2.43. The Bertz CT molecular complexity index is 823. The average Bonchev–Trinajstić information content (AvgIpc) is 2.58. The highest BCUT2D eigenvalue weighted by Gasteiger charge is 2.40. The fourth-order valence-electron chi connectivity index (χ4n) is 4.43. The van der Waals surface area contributed by atoms with Gasteiger partial charge in [0, 0.05) is 7.11 Å². The first kappa shape index (κ1) is 19.0. The summed E-state index contributed by atoms with van der Waals surface area (Å²) in [6.07, 6.45) is 0.878. The van der Waals surface area contributed by atoms with Crippen LogP contribution in [-0.2, 0) is 15.8 Å². The first-order valence-electron chi connectivity index (χ1n) is 9.22. The van der Waals surface area contributed by atoms with Crippen molar-refractivity contribution in [1.29, 1.82) is 0 Å². The molecule has 0 bridgehead atoms. The van der Waals surface area contributed by atoms with Crippen molar-refractivity contribution in [1.82, 2.24) is 0 Å². The Morgan fingerprint density at radius 2 is 1.58 bits per heavy atom. The lowest BCUT2D eigenvalue weighted by molar-refractivity contribution is 0.0176. The third-order valence-electron chi connectivity index (χ3n) is 6.14. The molecular formula is C23H28F2O. The van der Waals surface area contributed by atoms with Gasteiger partial charge < -0.3 is 4.74 Å². The van der Waals surface area contributed by atoms with E-state index < -0.39 is 5.60 Å². The molecule has 0 saturated carbocycles. The Morgan fingerprint density at radius 1 is 1.00 bits per heavy atom. The van der Waals surface area contributed by atoms with Gasteiger partial charge in [-0.3, -0.25) is 0 Å². The van der Waals surface area contributed by atoms with Crippen LogP contribution in [0.5, 0.6) is 0 Å². The van der Waals surface area contributed by atoms with Gasteiger partial charge in [-0.1, -0.05) is 32.9 Å². The molecule has 1 aliphatic rings. The van der Waals surface area contributed by atoms with Gasteiger partial charge in [-0.05, 0) is 84.0 Å². The van der Waals surface area contributed by atoms with Crippen molar-refractivity contribution >= 4 is 0 Å². The smallest absolute Gasteiger partial charge is 0.123 e. The maximum Gasteiger partial charge on any atom is 0.123 e. The average molecular weight is 358 g/mol. The summed E-state index contributed by atoms with van der Waals surface area (Å²) in [5.41, 5.74) is 3.53.